The lowest BCUT2D eigenvalue weighted by Crippen LogP contribution is -2.57. The van der Waals surface area contributed by atoms with Gasteiger partial charge >= 0.3 is 0 Å². The second kappa shape index (κ2) is 11.5. The van der Waals surface area contributed by atoms with Crippen LogP contribution in [0.25, 0.3) is 6.08 Å². The predicted molar refractivity (Wildman–Crippen MR) is 139 cm³/mol. The van der Waals surface area contributed by atoms with E-state index in [1.165, 1.54) is 12.1 Å². The van der Waals surface area contributed by atoms with Crippen LogP contribution in [0.4, 0.5) is 4.39 Å². The highest BCUT2D eigenvalue weighted by Gasteiger charge is 2.49. The SMILES string of the molecule is O=C(/C=C/c1ccc(=O)n(CCN2CCOCC2)c1)C1C(=O)NC2CCC(F)CC2C1c1ccccc1. The zero-order valence-electron chi connectivity index (χ0n) is 20.9. The Bertz CT molecular complexity index is 1190. The second-order valence-electron chi connectivity index (χ2n) is 10.3. The van der Waals surface area contributed by atoms with Gasteiger partial charge in [0.1, 0.15) is 12.1 Å². The number of piperidine rings is 1. The molecule has 1 aromatic carbocycles. The number of rotatable bonds is 7. The Labute approximate surface area is 216 Å². The quantitative estimate of drug-likeness (QED) is 0.461. The summed E-state index contributed by atoms with van der Waals surface area (Å²) >= 11 is 0. The molecule has 5 rings (SSSR count). The number of aromatic nitrogens is 1. The molecule has 0 radical (unpaired) electrons. The molecule has 1 aliphatic carbocycles. The van der Waals surface area contributed by atoms with Crippen LogP contribution in [0.15, 0.2) is 59.5 Å². The van der Waals surface area contributed by atoms with Gasteiger partial charge in [0.25, 0.3) is 5.56 Å². The number of ketones is 1. The van der Waals surface area contributed by atoms with E-state index in [4.69, 9.17) is 4.74 Å². The van der Waals surface area contributed by atoms with Crippen LogP contribution in [0.2, 0.25) is 0 Å². The molecule has 3 aliphatic rings. The van der Waals surface area contributed by atoms with Gasteiger partial charge in [0.2, 0.25) is 5.91 Å². The molecule has 5 unspecified atom stereocenters. The van der Waals surface area contributed by atoms with Crippen molar-refractivity contribution in [3.05, 3.63) is 76.2 Å². The van der Waals surface area contributed by atoms with Crippen LogP contribution in [-0.2, 0) is 20.9 Å². The number of nitrogens with zero attached hydrogens (tertiary/aromatic N) is 2. The number of benzene rings is 1. The summed E-state index contributed by atoms with van der Waals surface area (Å²) in [6.07, 6.45) is 5.27. The van der Waals surface area contributed by atoms with E-state index < -0.39 is 12.1 Å². The topological polar surface area (TPSA) is 80.6 Å². The number of carbonyl (C=O) groups excluding carboxylic acids is 2. The Morgan fingerprint density at radius 2 is 1.84 bits per heavy atom. The molecular weight excluding hydrogens is 473 g/mol. The third kappa shape index (κ3) is 5.91. The lowest BCUT2D eigenvalue weighted by molar-refractivity contribution is -0.138. The standard InChI is InChI=1S/C29H34FN3O4/c30-22-8-9-24-23(18-22)27(21-4-2-1-3-5-21)28(29(36)31-24)25(34)10-6-20-7-11-26(35)33(19-20)13-12-32-14-16-37-17-15-32/h1-7,10-11,19,22-24,27-28H,8-9,12-18H2,(H,31,36)/b10-6+. The molecule has 5 atom stereocenters. The molecule has 196 valence electrons. The Morgan fingerprint density at radius 1 is 1.05 bits per heavy atom. The van der Waals surface area contributed by atoms with Gasteiger partial charge in [-0.3, -0.25) is 19.3 Å². The highest BCUT2D eigenvalue weighted by atomic mass is 19.1. The minimum absolute atomic E-state index is 0.100. The molecule has 2 aromatic rings. The first-order valence-electron chi connectivity index (χ1n) is 13.2. The van der Waals surface area contributed by atoms with Crippen LogP contribution in [-0.4, -0.2) is 66.2 Å². The summed E-state index contributed by atoms with van der Waals surface area (Å²) in [4.78, 5) is 41.3. The van der Waals surface area contributed by atoms with E-state index >= 15 is 0 Å². The van der Waals surface area contributed by atoms with Gasteiger partial charge in [0.05, 0.1) is 13.2 Å². The van der Waals surface area contributed by atoms with Crippen molar-refractivity contribution in [2.75, 3.05) is 32.8 Å². The Kier molecular flexibility index (Phi) is 7.96. The number of pyridine rings is 1. The number of nitrogens with one attached hydrogen (secondary N) is 1. The molecule has 8 heteroatoms. The number of alkyl halides is 1. The van der Waals surface area contributed by atoms with E-state index in [1.807, 2.05) is 30.3 Å². The molecule has 0 spiro atoms. The third-order valence-corrected chi connectivity index (χ3v) is 7.96. The molecule has 1 N–H and O–H groups in total. The van der Waals surface area contributed by atoms with Crippen molar-refractivity contribution in [2.24, 2.45) is 11.8 Å². The monoisotopic (exact) mass is 507 g/mol. The largest absolute Gasteiger partial charge is 0.379 e. The molecule has 1 saturated carbocycles. The minimum Gasteiger partial charge on any atom is -0.379 e. The Hall–Kier alpha value is -3.10. The predicted octanol–water partition coefficient (Wildman–Crippen LogP) is 2.80. The zero-order valence-corrected chi connectivity index (χ0v) is 20.9. The third-order valence-electron chi connectivity index (χ3n) is 7.96. The minimum atomic E-state index is -0.924. The first-order chi connectivity index (χ1) is 18.0. The lowest BCUT2D eigenvalue weighted by Gasteiger charge is -2.45. The van der Waals surface area contributed by atoms with Crippen LogP contribution >= 0.6 is 0 Å². The summed E-state index contributed by atoms with van der Waals surface area (Å²) in [5.74, 6) is -2.03. The normalized spacial score (nSPS) is 28.6. The van der Waals surface area contributed by atoms with Crippen LogP contribution in [0.5, 0.6) is 0 Å². The number of hydrogen-bond acceptors (Lipinski definition) is 5. The maximum absolute atomic E-state index is 14.4. The average molecular weight is 508 g/mol. The highest BCUT2D eigenvalue weighted by molar-refractivity contribution is 6.09. The van der Waals surface area contributed by atoms with Crippen molar-refractivity contribution < 1.29 is 18.7 Å². The van der Waals surface area contributed by atoms with E-state index in [2.05, 4.69) is 10.2 Å². The summed E-state index contributed by atoms with van der Waals surface area (Å²) in [7, 11) is 0. The van der Waals surface area contributed by atoms with Crippen molar-refractivity contribution in [1.82, 2.24) is 14.8 Å². The summed E-state index contributed by atoms with van der Waals surface area (Å²) in [6, 6.07) is 12.6. The molecule has 2 saturated heterocycles. The number of ether oxygens (including phenoxy) is 1. The molecule has 2 aliphatic heterocycles. The second-order valence-corrected chi connectivity index (χ2v) is 10.3. The number of allylic oxidation sites excluding steroid dienone is 1. The number of fused-ring (bicyclic) bond motifs is 1. The van der Waals surface area contributed by atoms with Crippen molar-refractivity contribution in [1.29, 1.82) is 0 Å². The first-order valence-corrected chi connectivity index (χ1v) is 13.2. The fourth-order valence-electron chi connectivity index (χ4n) is 6.01. The number of hydrogen-bond donors (Lipinski definition) is 1. The van der Waals surface area contributed by atoms with Crippen LogP contribution in [0.1, 0.15) is 36.3 Å². The molecule has 7 nitrogen and oxygen atoms in total. The average Bonchev–Trinajstić information content (AvgIpc) is 2.92. The zero-order chi connectivity index (χ0) is 25.8. The van der Waals surface area contributed by atoms with Gasteiger partial charge < -0.3 is 14.6 Å². The molecule has 0 bridgehead atoms. The molecule has 3 heterocycles. The van der Waals surface area contributed by atoms with Gasteiger partial charge in [-0.15, -0.1) is 0 Å². The lowest BCUT2D eigenvalue weighted by atomic mass is 9.64. The molecule has 1 amide bonds. The van der Waals surface area contributed by atoms with E-state index in [0.717, 1.165) is 25.2 Å². The Balaban J connectivity index is 1.35. The van der Waals surface area contributed by atoms with Crippen molar-refractivity contribution >= 4 is 17.8 Å². The number of halogens is 1. The summed E-state index contributed by atoms with van der Waals surface area (Å²) in [6.45, 7) is 4.38. The summed E-state index contributed by atoms with van der Waals surface area (Å²) in [5.41, 5.74) is 1.50. The van der Waals surface area contributed by atoms with Gasteiger partial charge in [0, 0.05) is 50.4 Å². The Morgan fingerprint density at radius 3 is 2.62 bits per heavy atom. The van der Waals surface area contributed by atoms with E-state index in [-0.39, 0.29) is 35.1 Å². The van der Waals surface area contributed by atoms with E-state index in [9.17, 15) is 18.8 Å². The highest BCUT2D eigenvalue weighted by Crippen LogP contribution is 2.45. The molecule has 1 aromatic heterocycles. The smallest absolute Gasteiger partial charge is 0.250 e. The maximum atomic E-state index is 14.4. The van der Waals surface area contributed by atoms with Crippen LogP contribution in [0.3, 0.4) is 0 Å². The van der Waals surface area contributed by atoms with Crippen LogP contribution < -0.4 is 10.9 Å². The van der Waals surface area contributed by atoms with Crippen molar-refractivity contribution in [3.63, 3.8) is 0 Å². The van der Waals surface area contributed by atoms with Gasteiger partial charge in [-0.05, 0) is 54.5 Å². The van der Waals surface area contributed by atoms with Gasteiger partial charge in [-0.2, -0.15) is 0 Å². The van der Waals surface area contributed by atoms with Crippen LogP contribution in [0, 0.1) is 11.8 Å². The maximum Gasteiger partial charge on any atom is 0.250 e. The summed E-state index contributed by atoms with van der Waals surface area (Å²) < 4.78 is 21.5. The van der Waals surface area contributed by atoms with Gasteiger partial charge in [0.15, 0.2) is 5.78 Å². The molecule has 3 fully saturated rings. The van der Waals surface area contributed by atoms with E-state index in [0.29, 0.717) is 44.6 Å². The fraction of sp³-hybridized carbons (Fsp3) is 0.483. The van der Waals surface area contributed by atoms with E-state index in [1.54, 1.807) is 22.9 Å². The van der Waals surface area contributed by atoms with Gasteiger partial charge in [-0.25, -0.2) is 4.39 Å². The number of amides is 1. The fourth-order valence-corrected chi connectivity index (χ4v) is 6.01. The molecule has 37 heavy (non-hydrogen) atoms. The number of carbonyl (C=O) groups is 2. The van der Waals surface area contributed by atoms with Crippen molar-refractivity contribution in [2.45, 2.75) is 43.9 Å². The number of morpholine rings is 1. The summed E-state index contributed by atoms with van der Waals surface area (Å²) in [5, 5.41) is 3.01. The van der Waals surface area contributed by atoms with Crippen molar-refractivity contribution in [3.8, 4) is 0 Å². The first kappa shape index (κ1) is 25.5. The van der Waals surface area contributed by atoms with Gasteiger partial charge in [-0.1, -0.05) is 30.3 Å². The molecular formula is C29H34FN3O4.